The van der Waals surface area contributed by atoms with E-state index in [9.17, 15) is 4.79 Å². The summed E-state index contributed by atoms with van der Waals surface area (Å²) in [5.41, 5.74) is 3.72. The van der Waals surface area contributed by atoms with E-state index >= 15 is 0 Å². The fraction of sp³-hybridized carbons (Fsp3) is 0.429. The molecule has 1 saturated carbocycles. The largest absolute Gasteiger partial charge is 0.361 e. The average molecular weight is 363 g/mol. The van der Waals surface area contributed by atoms with Gasteiger partial charge in [0.2, 0.25) is 5.91 Å². The summed E-state index contributed by atoms with van der Waals surface area (Å²) in [5, 5.41) is 4.43. The van der Waals surface area contributed by atoms with Gasteiger partial charge in [-0.25, -0.2) is 4.98 Å². The molecule has 1 amide bonds. The van der Waals surface area contributed by atoms with Crippen LogP contribution in [0.2, 0.25) is 0 Å². The predicted molar refractivity (Wildman–Crippen MR) is 104 cm³/mol. The number of benzene rings is 1. The summed E-state index contributed by atoms with van der Waals surface area (Å²) in [6.07, 6.45) is 8.95. The van der Waals surface area contributed by atoms with Gasteiger partial charge >= 0.3 is 0 Å². The van der Waals surface area contributed by atoms with Crippen LogP contribution in [0.5, 0.6) is 0 Å². The molecule has 6 heteroatoms. The molecule has 1 unspecified atom stereocenters. The molecule has 2 aliphatic rings. The minimum atomic E-state index is 0.188. The summed E-state index contributed by atoms with van der Waals surface area (Å²) in [6, 6.07) is 8.80. The SMILES string of the molecule is O=C(CC1CC1)NCC1CN(Cc2cccc3[nH]ccc23)Cc2cncn21. The number of hydrogen-bond donors (Lipinski definition) is 2. The number of aromatic nitrogens is 3. The van der Waals surface area contributed by atoms with E-state index in [2.05, 4.69) is 49.0 Å². The summed E-state index contributed by atoms with van der Waals surface area (Å²) in [5.74, 6) is 0.812. The first-order valence-corrected chi connectivity index (χ1v) is 9.81. The molecule has 0 radical (unpaired) electrons. The molecule has 3 aromatic rings. The van der Waals surface area contributed by atoms with E-state index in [0.717, 1.165) is 19.6 Å². The highest BCUT2D eigenvalue weighted by Crippen LogP contribution is 2.32. The van der Waals surface area contributed by atoms with Crippen LogP contribution in [0.3, 0.4) is 0 Å². The second-order valence-corrected chi connectivity index (χ2v) is 7.92. The Kier molecular flexibility index (Phi) is 4.20. The number of aromatic amines is 1. The summed E-state index contributed by atoms with van der Waals surface area (Å²) < 4.78 is 2.23. The Morgan fingerprint density at radius 3 is 3.11 bits per heavy atom. The third kappa shape index (κ3) is 3.49. The van der Waals surface area contributed by atoms with Gasteiger partial charge in [0.15, 0.2) is 0 Å². The topological polar surface area (TPSA) is 66.0 Å². The zero-order valence-corrected chi connectivity index (χ0v) is 15.4. The highest BCUT2D eigenvalue weighted by atomic mass is 16.1. The Bertz CT molecular complexity index is 954. The standard InChI is InChI=1S/C21H25N5O/c27-21(8-15-4-5-15)24-10-18-13-25(12-17-9-22-14-26(17)18)11-16-2-1-3-20-19(16)6-7-23-20/h1-3,6-7,9,14-15,18,23H,4-5,8,10-13H2,(H,24,27). The van der Waals surface area contributed by atoms with Crippen molar-refractivity contribution >= 4 is 16.8 Å². The molecule has 0 spiro atoms. The molecule has 1 atom stereocenters. The lowest BCUT2D eigenvalue weighted by Gasteiger charge is -2.34. The molecule has 5 rings (SSSR count). The van der Waals surface area contributed by atoms with Crippen molar-refractivity contribution in [3.63, 3.8) is 0 Å². The number of nitrogens with one attached hydrogen (secondary N) is 2. The highest BCUT2D eigenvalue weighted by molar-refractivity contribution is 5.82. The second-order valence-electron chi connectivity index (χ2n) is 7.92. The van der Waals surface area contributed by atoms with Crippen molar-refractivity contribution in [1.29, 1.82) is 0 Å². The smallest absolute Gasteiger partial charge is 0.220 e. The van der Waals surface area contributed by atoms with Gasteiger partial charge in [0.1, 0.15) is 0 Å². The normalized spacial score (nSPS) is 19.9. The zero-order chi connectivity index (χ0) is 18.2. The molecule has 27 heavy (non-hydrogen) atoms. The van der Waals surface area contributed by atoms with Crippen molar-refractivity contribution in [2.45, 2.75) is 38.4 Å². The molecule has 1 aliphatic carbocycles. The third-order valence-corrected chi connectivity index (χ3v) is 5.78. The van der Waals surface area contributed by atoms with Crippen molar-refractivity contribution in [3.05, 3.63) is 54.2 Å². The van der Waals surface area contributed by atoms with Gasteiger partial charge in [-0.1, -0.05) is 12.1 Å². The van der Waals surface area contributed by atoms with Gasteiger partial charge in [-0.3, -0.25) is 9.69 Å². The second kappa shape index (κ2) is 6.85. The monoisotopic (exact) mass is 363 g/mol. The molecule has 0 bridgehead atoms. The Morgan fingerprint density at radius 2 is 2.22 bits per heavy atom. The van der Waals surface area contributed by atoms with Gasteiger partial charge in [0.25, 0.3) is 0 Å². The molecule has 1 aromatic carbocycles. The van der Waals surface area contributed by atoms with Crippen LogP contribution in [0.4, 0.5) is 0 Å². The van der Waals surface area contributed by atoms with Crippen LogP contribution in [-0.4, -0.2) is 38.4 Å². The van der Waals surface area contributed by atoms with Crippen molar-refractivity contribution in [2.75, 3.05) is 13.1 Å². The van der Waals surface area contributed by atoms with Gasteiger partial charge in [-0.05, 0) is 36.5 Å². The van der Waals surface area contributed by atoms with E-state index in [1.807, 2.05) is 18.7 Å². The summed E-state index contributed by atoms with van der Waals surface area (Å²) in [4.78, 5) is 22.2. The number of H-pyrrole nitrogens is 1. The zero-order valence-electron chi connectivity index (χ0n) is 15.4. The number of hydrogen-bond acceptors (Lipinski definition) is 3. The van der Waals surface area contributed by atoms with Crippen LogP contribution in [0.15, 0.2) is 43.0 Å². The van der Waals surface area contributed by atoms with Gasteiger partial charge in [-0.15, -0.1) is 0 Å². The quantitative estimate of drug-likeness (QED) is 0.708. The van der Waals surface area contributed by atoms with E-state index in [1.165, 1.54) is 35.0 Å². The van der Waals surface area contributed by atoms with Crippen LogP contribution < -0.4 is 5.32 Å². The molecule has 1 aliphatic heterocycles. The minimum absolute atomic E-state index is 0.188. The fourth-order valence-electron chi connectivity index (χ4n) is 4.16. The Hall–Kier alpha value is -2.60. The van der Waals surface area contributed by atoms with Crippen LogP contribution >= 0.6 is 0 Å². The first-order valence-electron chi connectivity index (χ1n) is 9.81. The number of amides is 1. The molecule has 1 fully saturated rings. The fourth-order valence-corrected chi connectivity index (χ4v) is 4.16. The Morgan fingerprint density at radius 1 is 1.30 bits per heavy atom. The van der Waals surface area contributed by atoms with E-state index in [-0.39, 0.29) is 11.9 Å². The number of carbonyl (C=O) groups excluding carboxylic acids is 1. The molecular weight excluding hydrogens is 338 g/mol. The molecule has 2 N–H and O–H groups in total. The van der Waals surface area contributed by atoms with Gasteiger partial charge in [0.05, 0.1) is 18.1 Å². The van der Waals surface area contributed by atoms with E-state index in [4.69, 9.17) is 0 Å². The van der Waals surface area contributed by atoms with Gasteiger partial charge < -0.3 is 14.9 Å². The molecule has 140 valence electrons. The van der Waals surface area contributed by atoms with Crippen LogP contribution in [0.1, 0.15) is 36.6 Å². The maximum absolute atomic E-state index is 12.1. The van der Waals surface area contributed by atoms with Crippen molar-refractivity contribution in [1.82, 2.24) is 24.8 Å². The van der Waals surface area contributed by atoms with Crippen LogP contribution in [-0.2, 0) is 17.9 Å². The third-order valence-electron chi connectivity index (χ3n) is 5.78. The van der Waals surface area contributed by atoms with Crippen molar-refractivity contribution < 1.29 is 4.79 Å². The van der Waals surface area contributed by atoms with Crippen LogP contribution in [0, 0.1) is 5.92 Å². The summed E-state index contributed by atoms with van der Waals surface area (Å²) in [6.45, 7) is 3.36. The Balaban J connectivity index is 1.30. The molecule has 2 aromatic heterocycles. The molecule has 3 heterocycles. The lowest BCUT2D eigenvalue weighted by atomic mass is 10.1. The number of nitrogens with zero attached hydrogens (tertiary/aromatic N) is 3. The number of imidazole rings is 1. The molecule has 6 nitrogen and oxygen atoms in total. The molecular formula is C21H25N5O. The van der Waals surface area contributed by atoms with E-state index in [1.54, 1.807) is 0 Å². The first-order chi connectivity index (χ1) is 13.3. The first kappa shape index (κ1) is 16.6. The van der Waals surface area contributed by atoms with E-state index in [0.29, 0.717) is 18.9 Å². The predicted octanol–water partition coefficient (Wildman–Crippen LogP) is 2.84. The van der Waals surface area contributed by atoms with Gasteiger partial charge in [-0.2, -0.15) is 0 Å². The van der Waals surface area contributed by atoms with E-state index < -0.39 is 0 Å². The minimum Gasteiger partial charge on any atom is -0.361 e. The maximum atomic E-state index is 12.1. The maximum Gasteiger partial charge on any atom is 0.220 e. The molecule has 0 saturated heterocycles. The number of fused-ring (bicyclic) bond motifs is 2. The van der Waals surface area contributed by atoms with Gasteiger partial charge in [0, 0.05) is 55.9 Å². The average Bonchev–Trinajstić information content (AvgIpc) is 3.15. The highest BCUT2D eigenvalue weighted by Gasteiger charge is 2.27. The lowest BCUT2D eigenvalue weighted by Crippen LogP contribution is -2.42. The van der Waals surface area contributed by atoms with Crippen molar-refractivity contribution in [3.8, 4) is 0 Å². The summed E-state index contributed by atoms with van der Waals surface area (Å²) in [7, 11) is 0. The lowest BCUT2D eigenvalue weighted by molar-refractivity contribution is -0.121. The van der Waals surface area contributed by atoms with Crippen LogP contribution in [0.25, 0.3) is 10.9 Å². The number of carbonyl (C=O) groups is 1. The number of rotatable bonds is 6. The Labute approximate surface area is 158 Å². The summed E-state index contributed by atoms with van der Waals surface area (Å²) >= 11 is 0. The van der Waals surface area contributed by atoms with Crippen molar-refractivity contribution in [2.24, 2.45) is 5.92 Å².